The fraction of sp³-hybridized carbons (Fsp3) is 0.375. The van der Waals surface area contributed by atoms with Crippen molar-refractivity contribution in [2.75, 3.05) is 0 Å². The molecule has 112 valence electrons. The lowest BCUT2D eigenvalue weighted by atomic mass is 10.0. The lowest BCUT2D eigenvalue weighted by molar-refractivity contribution is 0.0701. The molecule has 4 nitrogen and oxygen atoms in total. The molecule has 2 aromatic rings. The van der Waals surface area contributed by atoms with Crippen LogP contribution in [-0.2, 0) is 0 Å². The fourth-order valence-corrected chi connectivity index (χ4v) is 3.04. The van der Waals surface area contributed by atoms with Gasteiger partial charge in [-0.05, 0) is 38.5 Å². The van der Waals surface area contributed by atoms with Crippen LogP contribution >= 0.6 is 11.3 Å². The van der Waals surface area contributed by atoms with E-state index in [0.717, 1.165) is 16.3 Å². The van der Waals surface area contributed by atoms with Crippen molar-refractivity contribution < 1.29 is 14.6 Å². The number of thiazole rings is 1. The summed E-state index contributed by atoms with van der Waals surface area (Å²) in [4.78, 5) is 15.8. The fourth-order valence-electron chi connectivity index (χ4n) is 2.05. The summed E-state index contributed by atoms with van der Waals surface area (Å²) in [5, 5.41) is 9.93. The van der Waals surface area contributed by atoms with Crippen LogP contribution in [0.1, 0.15) is 52.6 Å². The number of rotatable bonds is 5. The van der Waals surface area contributed by atoms with E-state index in [1.807, 2.05) is 45.0 Å². The van der Waals surface area contributed by atoms with Crippen molar-refractivity contribution in [2.24, 2.45) is 0 Å². The highest BCUT2D eigenvalue weighted by Crippen LogP contribution is 2.30. The lowest BCUT2D eigenvalue weighted by Gasteiger charge is -2.12. The number of carbonyl (C=O) groups is 1. The molecule has 1 atom stereocenters. The topological polar surface area (TPSA) is 59.4 Å². The van der Waals surface area contributed by atoms with Crippen molar-refractivity contribution >= 4 is 17.3 Å². The Morgan fingerprint density at radius 2 is 1.86 bits per heavy atom. The normalized spacial score (nSPS) is 12.4. The van der Waals surface area contributed by atoms with Crippen LogP contribution < -0.4 is 4.74 Å². The van der Waals surface area contributed by atoms with Crippen molar-refractivity contribution in [3.05, 3.63) is 45.4 Å². The number of aromatic nitrogens is 1. The number of hydrogen-bond donors (Lipinski definition) is 1. The smallest absolute Gasteiger partial charge is 0.347 e. The Morgan fingerprint density at radius 3 is 2.33 bits per heavy atom. The van der Waals surface area contributed by atoms with Gasteiger partial charge < -0.3 is 9.84 Å². The van der Waals surface area contributed by atoms with E-state index in [2.05, 4.69) is 4.98 Å². The molecule has 0 aliphatic heterocycles. The van der Waals surface area contributed by atoms with Gasteiger partial charge in [-0.1, -0.05) is 19.1 Å². The first-order chi connectivity index (χ1) is 9.88. The molecule has 2 rings (SSSR count). The monoisotopic (exact) mass is 305 g/mol. The summed E-state index contributed by atoms with van der Waals surface area (Å²) in [5.41, 5.74) is 1.67. The van der Waals surface area contributed by atoms with E-state index in [0.29, 0.717) is 10.6 Å². The Balaban J connectivity index is 2.21. The van der Waals surface area contributed by atoms with Crippen LogP contribution in [0, 0.1) is 6.92 Å². The standard InChI is InChI=1S/C16H19NO3S/c1-9(2)20-13-7-5-12(6-8-13)10(3)15-17-11(4)14(21-15)16(18)19/h5-10H,1-4H3,(H,18,19). The van der Waals surface area contributed by atoms with Gasteiger partial charge in [0.25, 0.3) is 0 Å². The third kappa shape index (κ3) is 3.61. The molecule has 0 saturated heterocycles. The highest BCUT2D eigenvalue weighted by Gasteiger charge is 2.19. The van der Waals surface area contributed by atoms with Crippen molar-refractivity contribution in [1.29, 1.82) is 0 Å². The molecule has 5 heteroatoms. The summed E-state index contributed by atoms with van der Waals surface area (Å²) in [6.45, 7) is 7.74. The number of nitrogens with zero attached hydrogens (tertiary/aromatic N) is 1. The number of carboxylic acid groups (broad SMARTS) is 1. The van der Waals surface area contributed by atoms with Crippen LogP contribution in [0.25, 0.3) is 0 Å². The second-order valence-corrected chi connectivity index (χ2v) is 6.26. The average Bonchev–Trinajstić information content (AvgIpc) is 2.80. The van der Waals surface area contributed by atoms with Gasteiger partial charge in [0.15, 0.2) is 0 Å². The van der Waals surface area contributed by atoms with E-state index in [1.165, 1.54) is 11.3 Å². The quantitative estimate of drug-likeness (QED) is 0.904. The highest BCUT2D eigenvalue weighted by molar-refractivity contribution is 7.13. The molecule has 1 unspecified atom stereocenters. The van der Waals surface area contributed by atoms with E-state index in [4.69, 9.17) is 9.84 Å². The Morgan fingerprint density at radius 1 is 1.24 bits per heavy atom. The third-order valence-electron chi connectivity index (χ3n) is 3.13. The third-order valence-corrected chi connectivity index (χ3v) is 4.46. The van der Waals surface area contributed by atoms with Gasteiger partial charge in [0.1, 0.15) is 15.6 Å². The predicted octanol–water partition coefficient (Wildman–Crippen LogP) is 4.09. The van der Waals surface area contributed by atoms with Crippen molar-refractivity contribution in [2.45, 2.75) is 39.7 Å². The molecule has 0 aliphatic carbocycles. The minimum absolute atomic E-state index is 0.0647. The zero-order valence-electron chi connectivity index (χ0n) is 12.6. The van der Waals surface area contributed by atoms with Crippen LogP contribution in [0.15, 0.2) is 24.3 Å². The SMILES string of the molecule is Cc1nc(C(C)c2ccc(OC(C)C)cc2)sc1C(=O)O. The highest BCUT2D eigenvalue weighted by atomic mass is 32.1. The molecule has 0 saturated carbocycles. The molecule has 0 aliphatic rings. The van der Waals surface area contributed by atoms with Gasteiger partial charge in [-0.3, -0.25) is 0 Å². The molecule has 1 aromatic carbocycles. The number of aryl methyl sites for hydroxylation is 1. The van der Waals surface area contributed by atoms with Gasteiger partial charge in [-0.15, -0.1) is 11.3 Å². The van der Waals surface area contributed by atoms with Gasteiger partial charge in [0.2, 0.25) is 0 Å². The Bertz CT molecular complexity index is 631. The molecule has 0 fully saturated rings. The Kier molecular flexibility index (Phi) is 4.63. The number of benzene rings is 1. The maximum atomic E-state index is 11.1. The molecule has 0 radical (unpaired) electrons. The summed E-state index contributed by atoms with van der Waals surface area (Å²) in [7, 11) is 0. The van der Waals surface area contributed by atoms with Crippen molar-refractivity contribution in [3.63, 3.8) is 0 Å². The summed E-state index contributed by atoms with van der Waals surface area (Å²) in [5.74, 6) is -0.0125. The molecule has 0 bridgehead atoms. The van der Waals surface area contributed by atoms with Crippen LogP contribution in [0.4, 0.5) is 0 Å². The number of hydrogen-bond acceptors (Lipinski definition) is 4. The predicted molar refractivity (Wildman–Crippen MR) is 83.5 cm³/mol. The van der Waals surface area contributed by atoms with Crippen LogP contribution in [0.3, 0.4) is 0 Å². The zero-order valence-corrected chi connectivity index (χ0v) is 13.4. The van der Waals surface area contributed by atoms with Gasteiger partial charge >= 0.3 is 5.97 Å². The molecule has 1 heterocycles. The summed E-state index contributed by atoms with van der Waals surface area (Å²) < 4.78 is 5.62. The van der Waals surface area contributed by atoms with E-state index in [9.17, 15) is 4.79 Å². The Hall–Kier alpha value is -1.88. The average molecular weight is 305 g/mol. The van der Waals surface area contributed by atoms with Crippen LogP contribution in [0.2, 0.25) is 0 Å². The number of ether oxygens (including phenoxy) is 1. The zero-order chi connectivity index (χ0) is 15.6. The second-order valence-electron chi connectivity index (χ2n) is 5.23. The first-order valence-corrected chi connectivity index (χ1v) is 7.67. The lowest BCUT2D eigenvalue weighted by Crippen LogP contribution is -2.05. The van der Waals surface area contributed by atoms with Gasteiger partial charge in [-0.2, -0.15) is 0 Å². The second kappa shape index (κ2) is 6.26. The maximum Gasteiger partial charge on any atom is 0.347 e. The minimum atomic E-state index is -0.913. The molecular weight excluding hydrogens is 286 g/mol. The summed E-state index contributed by atoms with van der Waals surface area (Å²) in [6, 6.07) is 7.87. The molecule has 1 N–H and O–H groups in total. The van der Waals surface area contributed by atoms with E-state index < -0.39 is 5.97 Å². The van der Waals surface area contributed by atoms with Gasteiger partial charge in [0.05, 0.1) is 11.8 Å². The minimum Gasteiger partial charge on any atom is -0.491 e. The molecule has 21 heavy (non-hydrogen) atoms. The first kappa shape index (κ1) is 15.5. The number of aromatic carboxylic acids is 1. The van der Waals surface area contributed by atoms with Gasteiger partial charge in [0, 0.05) is 5.92 Å². The largest absolute Gasteiger partial charge is 0.491 e. The number of carboxylic acids is 1. The van der Waals surface area contributed by atoms with E-state index in [-0.39, 0.29) is 12.0 Å². The molecule has 0 amide bonds. The van der Waals surface area contributed by atoms with E-state index >= 15 is 0 Å². The summed E-state index contributed by atoms with van der Waals surface area (Å²) in [6.07, 6.45) is 0.146. The van der Waals surface area contributed by atoms with Crippen molar-refractivity contribution in [1.82, 2.24) is 4.98 Å². The van der Waals surface area contributed by atoms with Crippen molar-refractivity contribution in [3.8, 4) is 5.75 Å². The maximum absolute atomic E-state index is 11.1. The Labute approximate surface area is 128 Å². The van der Waals surface area contributed by atoms with E-state index in [1.54, 1.807) is 6.92 Å². The first-order valence-electron chi connectivity index (χ1n) is 6.85. The van der Waals surface area contributed by atoms with Gasteiger partial charge in [-0.25, -0.2) is 9.78 Å². The molecule has 0 spiro atoms. The molecule has 1 aromatic heterocycles. The van der Waals surface area contributed by atoms with Crippen LogP contribution in [0.5, 0.6) is 5.75 Å². The van der Waals surface area contributed by atoms with Crippen LogP contribution in [-0.4, -0.2) is 22.2 Å². The molecular formula is C16H19NO3S. The summed E-state index contributed by atoms with van der Waals surface area (Å²) >= 11 is 1.24.